The van der Waals surface area contributed by atoms with Crippen molar-refractivity contribution in [3.05, 3.63) is 24.0 Å². The predicted octanol–water partition coefficient (Wildman–Crippen LogP) is 0.306. The van der Waals surface area contributed by atoms with Crippen LogP contribution in [0.4, 0.5) is 4.79 Å². The molecule has 70 valence electrons. The van der Waals surface area contributed by atoms with Crippen molar-refractivity contribution in [1.82, 2.24) is 15.5 Å². The lowest BCUT2D eigenvalue weighted by Crippen LogP contribution is -2.29. The zero-order chi connectivity index (χ0) is 8.97. The van der Waals surface area contributed by atoms with Crippen LogP contribution in [0.15, 0.2) is 18.3 Å². The quantitative estimate of drug-likeness (QED) is 0.685. The second-order valence-corrected chi connectivity index (χ2v) is 1.87. The van der Waals surface area contributed by atoms with Crippen LogP contribution >= 0.6 is 12.4 Å². The van der Waals surface area contributed by atoms with E-state index >= 15 is 0 Å². The van der Waals surface area contributed by atoms with Gasteiger partial charge in [-0.3, -0.25) is 10.1 Å². The third kappa shape index (κ3) is 3.48. The Morgan fingerprint density at radius 3 is 2.62 bits per heavy atom. The lowest BCUT2D eigenvalue weighted by molar-refractivity contribution is 0.0942. The van der Waals surface area contributed by atoms with Gasteiger partial charge >= 0.3 is 6.09 Å². The number of nitrogens with zero attached hydrogens (tertiary/aromatic N) is 2. The molecule has 0 saturated carbocycles. The fourth-order valence-electron chi connectivity index (χ4n) is 0.584. The van der Waals surface area contributed by atoms with Crippen molar-refractivity contribution in [2.75, 3.05) is 0 Å². The zero-order valence-electron chi connectivity index (χ0n) is 6.30. The van der Waals surface area contributed by atoms with Gasteiger partial charge in [0.2, 0.25) is 0 Å². The number of hydrogen-bond donors (Lipinski definition) is 2. The second-order valence-electron chi connectivity index (χ2n) is 1.87. The van der Waals surface area contributed by atoms with Crippen molar-refractivity contribution in [2.24, 2.45) is 0 Å². The smallest absolute Gasteiger partial charge is 0.411 e. The van der Waals surface area contributed by atoms with Crippen LogP contribution in [0.25, 0.3) is 0 Å². The summed E-state index contributed by atoms with van der Waals surface area (Å²) in [6.45, 7) is 0. The number of hydrogen-bond acceptors (Lipinski definition) is 4. The maximum absolute atomic E-state index is 10.9. The number of amides is 2. The minimum atomic E-state index is -1.41. The summed E-state index contributed by atoms with van der Waals surface area (Å²) in [6.07, 6.45) is -0.0250. The number of nitrogens with one attached hydrogen (secondary N) is 1. The topological polar surface area (TPSA) is 92.2 Å². The van der Waals surface area contributed by atoms with E-state index in [0.29, 0.717) is 0 Å². The number of carboxylic acid groups (broad SMARTS) is 1. The molecular weight excluding hydrogens is 198 g/mol. The van der Waals surface area contributed by atoms with Gasteiger partial charge in [0.05, 0.1) is 0 Å². The number of carbonyl (C=O) groups is 2. The van der Waals surface area contributed by atoms with Crippen LogP contribution in [0.5, 0.6) is 0 Å². The van der Waals surface area contributed by atoms with E-state index in [1.54, 1.807) is 5.32 Å². The fraction of sp³-hybridized carbons (Fsp3) is 0. The summed E-state index contributed by atoms with van der Waals surface area (Å²) in [5.41, 5.74) is -0.0279. The highest BCUT2D eigenvalue weighted by atomic mass is 35.5. The molecule has 0 radical (unpaired) electrons. The molecule has 0 aliphatic heterocycles. The van der Waals surface area contributed by atoms with E-state index in [1.807, 2.05) is 0 Å². The van der Waals surface area contributed by atoms with Crippen LogP contribution in [0.3, 0.4) is 0 Å². The molecule has 0 aliphatic rings. The van der Waals surface area contributed by atoms with Crippen LogP contribution in [0.2, 0.25) is 0 Å². The molecule has 0 aromatic carbocycles. The van der Waals surface area contributed by atoms with Crippen LogP contribution < -0.4 is 5.32 Å². The molecule has 13 heavy (non-hydrogen) atoms. The SMILES string of the molecule is Cl.O=C(O)NC(=O)c1cccnn1. The lowest BCUT2D eigenvalue weighted by Gasteiger charge is -1.95. The van der Waals surface area contributed by atoms with Crippen molar-refractivity contribution < 1.29 is 14.7 Å². The molecule has 2 N–H and O–H groups in total. The molecule has 1 heterocycles. The van der Waals surface area contributed by atoms with Gasteiger partial charge in [-0.15, -0.1) is 17.5 Å². The lowest BCUT2D eigenvalue weighted by atomic mass is 10.4. The van der Waals surface area contributed by atoms with E-state index in [1.165, 1.54) is 18.3 Å². The Balaban J connectivity index is 0.00000144. The average molecular weight is 204 g/mol. The van der Waals surface area contributed by atoms with Gasteiger partial charge in [-0.1, -0.05) is 0 Å². The second kappa shape index (κ2) is 5.04. The Kier molecular flexibility index (Phi) is 4.39. The summed E-state index contributed by atoms with van der Waals surface area (Å²) in [4.78, 5) is 20.9. The third-order valence-electron chi connectivity index (χ3n) is 1.03. The van der Waals surface area contributed by atoms with Crippen LogP contribution in [-0.4, -0.2) is 27.3 Å². The number of halogens is 1. The Labute approximate surface area is 79.4 Å². The third-order valence-corrected chi connectivity index (χ3v) is 1.03. The maximum Gasteiger partial charge on any atom is 0.411 e. The molecule has 1 rings (SSSR count). The molecule has 1 aromatic rings. The first-order chi connectivity index (χ1) is 5.70. The molecule has 7 heteroatoms. The molecule has 0 saturated heterocycles. The Morgan fingerprint density at radius 2 is 2.15 bits per heavy atom. The summed E-state index contributed by atoms with van der Waals surface area (Å²) in [5.74, 6) is -0.782. The molecule has 1 aromatic heterocycles. The number of imide groups is 1. The Hall–Kier alpha value is -1.69. The average Bonchev–Trinajstić information content (AvgIpc) is 2.05. The van der Waals surface area contributed by atoms with Crippen molar-refractivity contribution in [1.29, 1.82) is 0 Å². The van der Waals surface area contributed by atoms with Gasteiger partial charge in [0.25, 0.3) is 5.91 Å². The highest BCUT2D eigenvalue weighted by Crippen LogP contribution is 1.89. The standard InChI is InChI=1S/C6H5N3O3.ClH/c10-5(8-6(11)12)4-2-1-3-7-9-4;/h1-3H,(H,8,10)(H,11,12);1H. The van der Waals surface area contributed by atoms with Gasteiger partial charge in [-0.25, -0.2) is 4.79 Å². The van der Waals surface area contributed by atoms with Crippen molar-refractivity contribution in [3.63, 3.8) is 0 Å². The molecular formula is C6H6ClN3O3. The molecule has 0 spiro atoms. The summed E-state index contributed by atoms with van der Waals surface area (Å²) in [5, 5.41) is 16.6. The van der Waals surface area contributed by atoms with E-state index in [4.69, 9.17) is 5.11 Å². The summed E-state index contributed by atoms with van der Waals surface area (Å²) >= 11 is 0. The monoisotopic (exact) mass is 203 g/mol. The first-order valence-electron chi connectivity index (χ1n) is 3.02. The molecule has 0 atom stereocenters. The minimum Gasteiger partial charge on any atom is -0.465 e. The Morgan fingerprint density at radius 1 is 1.46 bits per heavy atom. The summed E-state index contributed by atoms with van der Waals surface area (Å²) in [7, 11) is 0. The van der Waals surface area contributed by atoms with Crippen molar-refractivity contribution >= 4 is 24.4 Å². The van der Waals surface area contributed by atoms with Crippen LogP contribution in [-0.2, 0) is 0 Å². The highest BCUT2D eigenvalue weighted by molar-refractivity contribution is 6.00. The van der Waals surface area contributed by atoms with E-state index < -0.39 is 12.0 Å². The van der Waals surface area contributed by atoms with Crippen LogP contribution in [0, 0.1) is 0 Å². The van der Waals surface area contributed by atoms with E-state index in [9.17, 15) is 9.59 Å². The highest BCUT2D eigenvalue weighted by Gasteiger charge is 2.08. The number of carbonyl (C=O) groups excluding carboxylic acids is 1. The normalized spacial score (nSPS) is 8.31. The maximum atomic E-state index is 10.9. The molecule has 2 amide bonds. The van der Waals surface area contributed by atoms with Gasteiger partial charge in [0, 0.05) is 6.20 Å². The molecule has 0 fully saturated rings. The molecule has 0 unspecified atom stereocenters. The van der Waals surface area contributed by atoms with Gasteiger partial charge in [-0.05, 0) is 12.1 Å². The molecule has 0 bridgehead atoms. The number of rotatable bonds is 1. The van der Waals surface area contributed by atoms with Gasteiger partial charge in [0.15, 0.2) is 5.69 Å². The fourth-order valence-corrected chi connectivity index (χ4v) is 0.584. The van der Waals surface area contributed by atoms with E-state index in [-0.39, 0.29) is 18.1 Å². The zero-order valence-corrected chi connectivity index (χ0v) is 7.11. The van der Waals surface area contributed by atoms with Crippen molar-refractivity contribution in [2.45, 2.75) is 0 Å². The van der Waals surface area contributed by atoms with Gasteiger partial charge in [-0.2, -0.15) is 5.10 Å². The first kappa shape index (κ1) is 11.3. The van der Waals surface area contributed by atoms with Crippen molar-refractivity contribution in [3.8, 4) is 0 Å². The van der Waals surface area contributed by atoms with Gasteiger partial charge < -0.3 is 5.11 Å². The summed E-state index contributed by atoms with van der Waals surface area (Å²) in [6, 6.07) is 2.86. The van der Waals surface area contributed by atoms with E-state index in [2.05, 4.69) is 10.2 Å². The molecule has 6 nitrogen and oxygen atoms in total. The predicted molar refractivity (Wildman–Crippen MR) is 44.8 cm³/mol. The Bertz CT molecular complexity index is 303. The van der Waals surface area contributed by atoms with E-state index in [0.717, 1.165) is 0 Å². The molecule has 0 aliphatic carbocycles. The van der Waals surface area contributed by atoms with Gasteiger partial charge in [0.1, 0.15) is 0 Å². The first-order valence-corrected chi connectivity index (χ1v) is 3.02. The van der Waals surface area contributed by atoms with Crippen LogP contribution in [0.1, 0.15) is 10.5 Å². The minimum absolute atomic E-state index is 0. The largest absolute Gasteiger partial charge is 0.465 e. The number of aromatic nitrogens is 2. The summed E-state index contributed by atoms with van der Waals surface area (Å²) < 4.78 is 0.